The maximum absolute atomic E-state index is 11.7. The predicted molar refractivity (Wildman–Crippen MR) is 81.1 cm³/mol. The van der Waals surface area contributed by atoms with Crippen LogP contribution in [0.2, 0.25) is 5.02 Å². The highest BCUT2D eigenvalue weighted by molar-refractivity contribution is 6.76. The third-order valence-electron chi connectivity index (χ3n) is 2.22. The minimum Gasteiger partial charge on any atom is -0.453 e. The number of amides is 2. The zero-order valence-electron chi connectivity index (χ0n) is 10.4. The molecular formula is C11H10Cl4N2O3. The van der Waals surface area contributed by atoms with Crippen LogP contribution in [0.25, 0.3) is 0 Å². The zero-order valence-corrected chi connectivity index (χ0v) is 13.4. The summed E-state index contributed by atoms with van der Waals surface area (Å²) in [7, 11) is 1.21. The van der Waals surface area contributed by atoms with E-state index >= 15 is 0 Å². The summed E-state index contributed by atoms with van der Waals surface area (Å²) in [6, 6.07) is 3.01. The Hall–Kier alpha value is -0.880. The van der Waals surface area contributed by atoms with Crippen LogP contribution in [-0.2, 0) is 9.53 Å². The van der Waals surface area contributed by atoms with Crippen molar-refractivity contribution in [3.8, 4) is 0 Å². The van der Waals surface area contributed by atoms with Crippen molar-refractivity contribution in [1.82, 2.24) is 0 Å². The summed E-state index contributed by atoms with van der Waals surface area (Å²) in [6.45, 7) is 1.68. The Kier molecular flexibility index (Phi) is 5.77. The molecule has 1 aromatic rings. The molecule has 0 aliphatic heterocycles. The third-order valence-corrected chi connectivity index (χ3v) is 2.95. The second kappa shape index (κ2) is 6.72. The number of aryl methyl sites for hydroxylation is 1. The second-order valence-corrected chi connectivity index (χ2v) is 6.43. The van der Waals surface area contributed by atoms with Crippen LogP contribution >= 0.6 is 46.4 Å². The molecule has 0 bridgehead atoms. The fourth-order valence-electron chi connectivity index (χ4n) is 1.35. The third kappa shape index (κ3) is 4.59. The van der Waals surface area contributed by atoms with Crippen LogP contribution in [0.3, 0.4) is 0 Å². The summed E-state index contributed by atoms with van der Waals surface area (Å²) in [5.74, 6) is -0.878. The summed E-state index contributed by atoms with van der Waals surface area (Å²) in [5, 5.41) is 5.17. The maximum Gasteiger partial charge on any atom is 0.411 e. The molecule has 0 unspecified atom stereocenters. The van der Waals surface area contributed by atoms with Gasteiger partial charge in [-0.15, -0.1) is 0 Å². The summed E-state index contributed by atoms with van der Waals surface area (Å²) < 4.78 is 2.35. The number of rotatable bonds is 2. The molecule has 0 aromatic heterocycles. The largest absolute Gasteiger partial charge is 0.453 e. The van der Waals surface area contributed by atoms with Crippen molar-refractivity contribution in [2.45, 2.75) is 10.7 Å². The van der Waals surface area contributed by atoms with Gasteiger partial charge >= 0.3 is 6.09 Å². The molecule has 20 heavy (non-hydrogen) atoms. The Balaban J connectivity index is 3.16. The van der Waals surface area contributed by atoms with E-state index in [1.54, 1.807) is 13.0 Å². The lowest BCUT2D eigenvalue weighted by Crippen LogP contribution is -2.27. The quantitative estimate of drug-likeness (QED) is 0.780. The van der Waals surface area contributed by atoms with Gasteiger partial charge in [0.2, 0.25) is 0 Å². The van der Waals surface area contributed by atoms with Crippen molar-refractivity contribution in [2.75, 3.05) is 17.7 Å². The van der Waals surface area contributed by atoms with E-state index in [4.69, 9.17) is 46.4 Å². The number of ether oxygens (including phenoxy) is 1. The molecular weight excluding hydrogens is 350 g/mol. The van der Waals surface area contributed by atoms with Gasteiger partial charge in [0.1, 0.15) is 0 Å². The number of carbonyl (C=O) groups is 2. The molecule has 2 N–H and O–H groups in total. The molecule has 9 heteroatoms. The molecule has 5 nitrogen and oxygen atoms in total. The molecule has 110 valence electrons. The van der Waals surface area contributed by atoms with E-state index in [0.717, 1.165) is 0 Å². The molecule has 0 saturated carbocycles. The van der Waals surface area contributed by atoms with Crippen LogP contribution in [0.15, 0.2) is 12.1 Å². The molecule has 2 amide bonds. The normalized spacial score (nSPS) is 10.9. The van der Waals surface area contributed by atoms with E-state index in [1.807, 2.05) is 0 Å². The topological polar surface area (TPSA) is 67.4 Å². The standard InChI is InChI=1S/C11H10Cl4N2O3/c1-5-3-6(12)4-7(8(5)17-10(19)20-2)16-9(18)11(13,14)15/h3-4H,1-2H3,(H,16,18)(H,17,19). The number of nitrogens with one attached hydrogen (secondary N) is 2. The smallest absolute Gasteiger partial charge is 0.411 e. The van der Waals surface area contributed by atoms with Crippen molar-refractivity contribution in [1.29, 1.82) is 0 Å². The average molecular weight is 360 g/mol. The van der Waals surface area contributed by atoms with E-state index in [2.05, 4.69) is 15.4 Å². The Labute approximate surface area is 135 Å². The Morgan fingerprint density at radius 2 is 1.80 bits per heavy atom. The Bertz CT molecular complexity index is 543. The Morgan fingerprint density at radius 3 is 2.30 bits per heavy atom. The monoisotopic (exact) mass is 358 g/mol. The highest BCUT2D eigenvalue weighted by Gasteiger charge is 2.31. The second-order valence-electron chi connectivity index (χ2n) is 3.71. The first kappa shape index (κ1) is 17.2. The van der Waals surface area contributed by atoms with Crippen LogP contribution in [0.1, 0.15) is 5.56 Å². The summed E-state index contributed by atoms with van der Waals surface area (Å²) in [6.07, 6.45) is -0.709. The number of methoxy groups -OCH3 is 1. The number of hydrogen-bond donors (Lipinski definition) is 2. The van der Waals surface area contributed by atoms with Gasteiger partial charge in [-0.25, -0.2) is 4.79 Å². The lowest BCUT2D eigenvalue weighted by molar-refractivity contribution is -0.115. The van der Waals surface area contributed by atoms with Crippen LogP contribution in [0.4, 0.5) is 16.2 Å². The van der Waals surface area contributed by atoms with Crippen molar-refractivity contribution in [3.05, 3.63) is 22.7 Å². The van der Waals surface area contributed by atoms with Gasteiger partial charge in [0.05, 0.1) is 18.5 Å². The van der Waals surface area contributed by atoms with Crippen LogP contribution in [0, 0.1) is 6.92 Å². The van der Waals surface area contributed by atoms with Crippen molar-refractivity contribution < 1.29 is 14.3 Å². The number of carbonyl (C=O) groups excluding carboxylic acids is 2. The predicted octanol–water partition coefficient (Wildman–Crippen LogP) is 4.14. The molecule has 0 aliphatic rings. The first-order valence-electron chi connectivity index (χ1n) is 5.18. The average Bonchev–Trinajstić information content (AvgIpc) is 2.31. The number of alkyl halides is 3. The summed E-state index contributed by atoms with van der Waals surface area (Å²) in [5.41, 5.74) is 1.09. The van der Waals surface area contributed by atoms with Crippen LogP contribution < -0.4 is 10.6 Å². The van der Waals surface area contributed by atoms with Gasteiger partial charge in [0, 0.05) is 5.02 Å². The van der Waals surface area contributed by atoms with E-state index in [1.165, 1.54) is 13.2 Å². The van der Waals surface area contributed by atoms with Crippen molar-refractivity contribution in [3.63, 3.8) is 0 Å². The molecule has 1 aromatic carbocycles. The van der Waals surface area contributed by atoms with Crippen LogP contribution in [0.5, 0.6) is 0 Å². The van der Waals surface area contributed by atoms with Gasteiger partial charge in [-0.05, 0) is 24.6 Å². The molecule has 0 spiro atoms. The molecule has 0 aliphatic carbocycles. The number of halogens is 4. The fourth-order valence-corrected chi connectivity index (χ4v) is 1.77. The van der Waals surface area contributed by atoms with E-state index in [0.29, 0.717) is 16.3 Å². The number of benzene rings is 1. The fraction of sp³-hybridized carbons (Fsp3) is 0.273. The molecule has 0 heterocycles. The number of hydrogen-bond acceptors (Lipinski definition) is 3. The minimum absolute atomic E-state index is 0.191. The van der Waals surface area contributed by atoms with Gasteiger partial charge in [0.25, 0.3) is 9.70 Å². The molecule has 0 radical (unpaired) electrons. The summed E-state index contributed by atoms with van der Waals surface area (Å²) >= 11 is 22.3. The minimum atomic E-state index is -2.14. The van der Waals surface area contributed by atoms with Crippen LogP contribution in [-0.4, -0.2) is 22.9 Å². The molecule has 0 fully saturated rings. The highest BCUT2D eigenvalue weighted by Crippen LogP contribution is 2.33. The summed E-state index contributed by atoms with van der Waals surface area (Å²) in [4.78, 5) is 23.0. The molecule has 1 rings (SSSR count). The molecule has 0 atom stereocenters. The lowest BCUT2D eigenvalue weighted by Gasteiger charge is -2.17. The maximum atomic E-state index is 11.7. The number of anilines is 2. The van der Waals surface area contributed by atoms with E-state index in [9.17, 15) is 9.59 Å². The van der Waals surface area contributed by atoms with Gasteiger partial charge in [0.15, 0.2) is 0 Å². The molecule has 0 saturated heterocycles. The van der Waals surface area contributed by atoms with Gasteiger partial charge in [-0.2, -0.15) is 0 Å². The van der Waals surface area contributed by atoms with Crippen molar-refractivity contribution >= 4 is 69.8 Å². The van der Waals surface area contributed by atoms with Gasteiger partial charge in [-0.1, -0.05) is 46.4 Å². The zero-order chi connectivity index (χ0) is 15.5. The van der Waals surface area contributed by atoms with E-state index in [-0.39, 0.29) is 5.69 Å². The van der Waals surface area contributed by atoms with Gasteiger partial charge in [-0.3, -0.25) is 10.1 Å². The SMILES string of the molecule is COC(=O)Nc1c(C)cc(Cl)cc1NC(=O)C(Cl)(Cl)Cl. The highest BCUT2D eigenvalue weighted by atomic mass is 35.6. The first-order chi connectivity index (χ1) is 9.15. The Morgan fingerprint density at radius 1 is 1.20 bits per heavy atom. The lowest BCUT2D eigenvalue weighted by atomic mass is 10.1. The van der Waals surface area contributed by atoms with Gasteiger partial charge < -0.3 is 10.1 Å². The van der Waals surface area contributed by atoms with Crippen molar-refractivity contribution in [2.24, 2.45) is 0 Å². The van der Waals surface area contributed by atoms with E-state index < -0.39 is 15.8 Å². The first-order valence-corrected chi connectivity index (χ1v) is 6.69.